The molecule has 27 heavy (non-hydrogen) atoms. The number of carbonyl (C=O) groups excluding carboxylic acids is 1. The predicted molar refractivity (Wildman–Crippen MR) is 101 cm³/mol. The van der Waals surface area contributed by atoms with Crippen molar-refractivity contribution < 1.29 is 13.9 Å². The number of aromatic nitrogens is 2. The van der Waals surface area contributed by atoms with Gasteiger partial charge in [0, 0.05) is 17.9 Å². The first kappa shape index (κ1) is 18.8. The monoisotopic (exact) mass is 368 g/mol. The largest absolute Gasteiger partial charge is 0.435 e. The van der Waals surface area contributed by atoms with E-state index in [0.29, 0.717) is 10.9 Å². The molecule has 1 aromatic heterocycles. The number of hydrogen-bond donors (Lipinski definition) is 0. The van der Waals surface area contributed by atoms with Crippen LogP contribution in [-0.4, -0.2) is 15.7 Å². The quantitative estimate of drug-likeness (QED) is 0.657. The Labute approximate surface area is 156 Å². The molecule has 0 fully saturated rings. The third-order valence-corrected chi connectivity index (χ3v) is 4.31. The third kappa shape index (κ3) is 3.74. The van der Waals surface area contributed by atoms with Crippen LogP contribution in [0.25, 0.3) is 10.8 Å². The van der Waals surface area contributed by atoms with Crippen molar-refractivity contribution in [1.82, 2.24) is 9.78 Å². The number of nitrogens with zero attached hydrogens (tertiary/aromatic N) is 2. The fourth-order valence-electron chi connectivity index (χ4n) is 2.88. The first-order valence-corrected chi connectivity index (χ1v) is 8.62. The Morgan fingerprint density at radius 3 is 2.44 bits per heavy atom. The summed E-state index contributed by atoms with van der Waals surface area (Å²) in [5.41, 5.74) is 0.411. The van der Waals surface area contributed by atoms with E-state index in [-0.39, 0.29) is 10.8 Å². The number of carbonyl (C=O) groups is 1. The number of halogens is 1. The van der Waals surface area contributed by atoms with E-state index >= 15 is 0 Å². The van der Waals surface area contributed by atoms with Gasteiger partial charge >= 0.3 is 5.97 Å². The summed E-state index contributed by atoms with van der Waals surface area (Å²) in [5, 5.41) is 4.50. The van der Waals surface area contributed by atoms with Crippen LogP contribution in [-0.2, 0) is 14.9 Å². The molecule has 140 valence electrons. The summed E-state index contributed by atoms with van der Waals surface area (Å²) < 4.78 is 21.1. The van der Waals surface area contributed by atoms with Crippen LogP contribution < -0.4 is 5.56 Å². The van der Waals surface area contributed by atoms with Crippen LogP contribution in [0.1, 0.15) is 45.0 Å². The van der Waals surface area contributed by atoms with Crippen molar-refractivity contribution in [2.75, 3.05) is 0 Å². The van der Waals surface area contributed by atoms with Crippen LogP contribution in [0.4, 0.5) is 4.39 Å². The van der Waals surface area contributed by atoms with E-state index in [4.69, 9.17) is 4.74 Å². The molecule has 0 amide bonds. The van der Waals surface area contributed by atoms with E-state index in [1.807, 2.05) is 20.8 Å². The minimum absolute atomic E-state index is 0.0777. The molecule has 0 spiro atoms. The van der Waals surface area contributed by atoms with Gasteiger partial charge in [-0.25, -0.2) is 4.39 Å². The van der Waals surface area contributed by atoms with Gasteiger partial charge in [0.15, 0.2) is 0 Å². The first-order valence-electron chi connectivity index (χ1n) is 8.62. The van der Waals surface area contributed by atoms with Crippen LogP contribution in [0.3, 0.4) is 0 Å². The molecular weight excluding hydrogens is 347 g/mol. The zero-order chi connectivity index (χ0) is 19.8. The van der Waals surface area contributed by atoms with Crippen LogP contribution in [0.2, 0.25) is 0 Å². The van der Waals surface area contributed by atoms with E-state index in [1.54, 1.807) is 36.4 Å². The summed E-state index contributed by atoms with van der Waals surface area (Å²) >= 11 is 0. The standard InChI is InChI=1S/C21H21FN2O3/c1-13(25)27-20(14-8-6-5-7-9-14)24-19(26)18-15(12-23-24)10-16(11-17(18)22)21(2,3)4/h5-12,20H,1-4H3. The molecule has 0 radical (unpaired) electrons. The van der Waals surface area contributed by atoms with Crippen LogP contribution in [0.15, 0.2) is 53.5 Å². The minimum Gasteiger partial charge on any atom is -0.435 e. The van der Waals surface area contributed by atoms with Gasteiger partial charge in [0.2, 0.25) is 6.23 Å². The lowest BCUT2D eigenvalue weighted by atomic mass is 9.86. The predicted octanol–water partition coefficient (Wildman–Crippen LogP) is 3.94. The maximum absolute atomic E-state index is 14.8. The normalized spacial score (nSPS) is 12.8. The number of benzene rings is 2. The summed E-state index contributed by atoms with van der Waals surface area (Å²) in [6.45, 7) is 7.15. The fraction of sp³-hybridized carbons (Fsp3) is 0.286. The molecule has 3 rings (SSSR count). The Bertz CT molecular complexity index is 1050. The average Bonchev–Trinajstić information content (AvgIpc) is 2.60. The Morgan fingerprint density at radius 1 is 1.19 bits per heavy atom. The molecular formula is C21H21FN2O3. The SMILES string of the molecule is CC(=O)OC(c1ccccc1)n1ncc2cc(C(C)(C)C)cc(F)c2c1=O. The highest BCUT2D eigenvalue weighted by molar-refractivity contribution is 5.82. The zero-order valence-corrected chi connectivity index (χ0v) is 15.7. The van der Waals surface area contributed by atoms with Gasteiger partial charge in [-0.2, -0.15) is 9.78 Å². The molecule has 0 N–H and O–H groups in total. The highest BCUT2D eigenvalue weighted by Gasteiger charge is 2.23. The second-order valence-electron chi connectivity index (χ2n) is 7.44. The molecule has 5 nitrogen and oxygen atoms in total. The van der Waals surface area contributed by atoms with Crippen molar-refractivity contribution in [3.8, 4) is 0 Å². The van der Waals surface area contributed by atoms with Crippen molar-refractivity contribution in [3.05, 3.63) is 76.0 Å². The van der Waals surface area contributed by atoms with Crippen LogP contribution in [0, 0.1) is 5.82 Å². The zero-order valence-electron chi connectivity index (χ0n) is 15.7. The van der Waals surface area contributed by atoms with Gasteiger partial charge in [0.25, 0.3) is 5.56 Å². The second-order valence-corrected chi connectivity index (χ2v) is 7.44. The summed E-state index contributed by atoms with van der Waals surface area (Å²) in [6, 6.07) is 11.9. The van der Waals surface area contributed by atoms with Crippen molar-refractivity contribution in [3.63, 3.8) is 0 Å². The van der Waals surface area contributed by atoms with Gasteiger partial charge in [-0.15, -0.1) is 0 Å². The third-order valence-electron chi connectivity index (χ3n) is 4.31. The molecule has 6 heteroatoms. The molecule has 0 saturated carbocycles. The Balaban J connectivity index is 2.22. The van der Waals surface area contributed by atoms with Gasteiger partial charge in [-0.3, -0.25) is 9.59 Å². The number of fused-ring (bicyclic) bond motifs is 1. The molecule has 2 aromatic carbocycles. The van der Waals surface area contributed by atoms with Crippen molar-refractivity contribution in [2.45, 2.75) is 39.3 Å². The average molecular weight is 368 g/mol. The smallest absolute Gasteiger partial charge is 0.304 e. The highest BCUT2D eigenvalue weighted by atomic mass is 19.1. The molecule has 1 atom stereocenters. The molecule has 1 unspecified atom stereocenters. The van der Waals surface area contributed by atoms with Crippen molar-refractivity contribution >= 4 is 16.7 Å². The summed E-state index contributed by atoms with van der Waals surface area (Å²) in [6.07, 6.45) is 0.358. The lowest BCUT2D eigenvalue weighted by molar-refractivity contribution is -0.149. The maximum Gasteiger partial charge on any atom is 0.304 e. The van der Waals surface area contributed by atoms with E-state index in [9.17, 15) is 14.0 Å². The number of esters is 1. The molecule has 0 saturated heterocycles. The van der Waals surface area contributed by atoms with Gasteiger partial charge in [-0.1, -0.05) is 51.1 Å². The highest BCUT2D eigenvalue weighted by Crippen LogP contribution is 2.27. The van der Waals surface area contributed by atoms with Crippen molar-refractivity contribution in [2.24, 2.45) is 0 Å². The summed E-state index contributed by atoms with van der Waals surface area (Å²) in [4.78, 5) is 24.5. The molecule has 0 aliphatic heterocycles. The van der Waals surface area contributed by atoms with Gasteiger partial charge in [0.1, 0.15) is 5.82 Å². The molecule has 3 aromatic rings. The second kappa shape index (κ2) is 6.95. The lowest BCUT2D eigenvalue weighted by Gasteiger charge is -2.21. The topological polar surface area (TPSA) is 61.2 Å². The number of ether oxygens (including phenoxy) is 1. The van der Waals surface area contributed by atoms with E-state index in [1.165, 1.54) is 19.2 Å². The molecule has 0 bridgehead atoms. The Hall–Kier alpha value is -3.02. The van der Waals surface area contributed by atoms with Crippen molar-refractivity contribution in [1.29, 1.82) is 0 Å². The summed E-state index contributed by atoms with van der Waals surface area (Å²) in [5.74, 6) is -1.19. The summed E-state index contributed by atoms with van der Waals surface area (Å²) in [7, 11) is 0. The van der Waals surface area contributed by atoms with Gasteiger partial charge in [-0.05, 0) is 23.1 Å². The van der Waals surface area contributed by atoms with E-state index < -0.39 is 23.6 Å². The van der Waals surface area contributed by atoms with Crippen LogP contribution in [0.5, 0.6) is 0 Å². The molecule has 0 aliphatic carbocycles. The Morgan fingerprint density at radius 2 is 1.85 bits per heavy atom. The van der Waals surface area contributed by atoms with Gasteiger partial charge < -0.3 is 4.74 Å². The van der Waals surface area contributed by atoms with Crippen LogP contribution >= 0.6 is 0 Å². The minimum atomic E-state index is -1.07. The van der Waals surface area contributed by atoms with Gasteiger partial charge in [0.05, 0.1) is 11.6 Å². The number of hydrogen-bond acceptors (Lipinski definition) is 4. The molecule has 0 aliphatic rings. The maximum atomic E-state index is 14.8. The number of rotatable bonds is 3. The van der Waals surface area contributed by atoms with E-state index in [0.717, 1.165) is 10.2 Å². The van der Waals surface area contributed by atoms with E-state index in [2.05, 4.69) is 5.10 Å². The lowest BCUT2D eigenvalue weighted by Crippen LogP contribution is -2.31. The fourth-order valence-corrected chi connectivity index (χ4v) is 2.88. The first-order chi connectivity index (χ1) is 12.7. The molecule has 1 heterocycles. The Kier molecular flexibility index (Phi) is 4.83.